The maximum atomic E-state index is 12.7. The van der Waals surface area contributed by atoms with Crippen molar-refractivity contribution in [1.29, 1.82) is 0 Å². The Labute approximate surface area is 173 Å². The molecule has 2 amide bonds. The largest absolute Gasteiger partial charge is 0.354 e. The fourth-order valence-corrected chi connectivity index (χ4v) is 5.17. The van der Waals surface area contributed by atoms with Crippen molar-refractivity contribution >= 4 is 26.8 Å². The quantitative estimate of drug-likeness (QED) is 0.815. The van der Waals surface area contributed by atoms with E-state index in [2.05, 4.69) is 23.6 Å². The van der Waals surface area contributed by atoms with Crippen molar-refractivity contribution in [1.82, 2.24) is 15.1 Å². The number of amides is 2. The molecule has 1 fully saturated rings. The molecule has 3 rings (SSSR count). The lowest BCUT2D eigenvalue weighted by Gasteiger charge is -2.24. The number of urea groups is 1. The lowest BCUT2D eigenvalue weighted by molar-refractivity contribution is 0.200. The molecule has 158 valence electrons. The fourth-order valence-electron chi connectivity index (χ4n) is 3.68. The molecule has 1 aromatic rings. The van der Waals surface area contributed by atoms with Gasteiger partial charge in [-0.1, -0.05) is 44.2 Å². The highest BCUT2D eigenvalue weighted by Crippen LogP contribution is 2.33. The van der Waals surface area contributed by atoms with Crippen LogP contribution in [0.15, 0.2) is 40.3 Å². The van der Waals surface area contributed by atoms with E-state index in [4.69, 9.17) is 0 Å². The second kappa shape index (κ2) is 8.98. The Morgan fingerprint density at radius 2 is 1.86 bits per heavy atom. The van der Waals surface area contributed by atoms with Gasteiger partial charge in [0.2, 0.25) is 0 Å². The Morgan fingerprint density at radius 1 is 1.14 bits per heavy atom. The van der Waals surface area contributed by atoms with Crippen LogP contribution in [0.3, 0.4) is 0 Å². The third-order valence-corrected chi connectivity index (χ3v) is 6.73. The number of carbonyl (C=O) groups is 1. The van der Waals surface area contributed by atoms with Crippen LogP contribution in [0.25, 0.3) is 4.91 Å². The Kier molecular flexibility index (Phi) is 6.62. The highest BCUT2D eigenvalue weighted by Gasteiger charge is 2.34. The molecule has 8 heteroatoms. The summed E-state index contributed by atoms with van der Waals surface area (Å²) in [6.07, 6.45) is 1.72. The standard InChI is InChI=1S/C21H30N4O3S/c1-16(2)10-11-22-21(26)25-13-7-12-24(14-15-25)20-17(3)19(29(27,28)23-20)18-8-5-4-6-9-18/h4-6,8-9,16H,7,10-15H2,1-3H3,(H,22,26). The molecule has 1 saturated heterocycles. The van der Waals surface area contributed by atoms with E-state index in [9.17, 15) is 13.2 Å². The van der Waals surface area contributed by atoms with Crippen molar-refractivity contribution in [3.8, 4) is 0 Å². The number of nitrogens with zero attached hydrogens (tertiary/aromatic N) is 3. The summed E-state index contributed by atoms with van der Waals surface area (Å²) in [4.78, 5) is 16.5. The number of amidine groups is 1. The predicted octanol–water partition coefficient (Wildman–Crippen LogP) is 2.92. The van der Waals surface area contributed by atoms with Crippen LogP contribution in [0.1, 0.15) is 39.2 Å². The van der Waals surface area contributed by atoms with Gasteiger partial charge < -0.3 is 15.1 Å². The maximum absolute atomic E-state index is 12.7. The maximum Gasteiger partial charge on any atom is 0.317 e. The second-order valence-corrected chi connectivity index (χ2v) is 9.49. The van der Waals surface area contributed by atoms with Crippen LogP contribution in [-0.4, -0.2) is 62.8 Å². The van der Waals surface area contributed by atoms with Gasteiger partial charge in [0.05, 0.1) is 0 Å². The summed E-state index contributed by atoms with van der Waals surface area (Å²) in [7, 11) is -3.72. The molecule has 29 heavy (non-hydrogen) atoms. The number of sulfonamides is 1. The monoisotopic (exact) mass is 418 g/mol. The SMILES string of the molecule is CC1=C(c2ccccc2)S(=O)(=O)N=C1N1CCCN(C(=O)NCCC(C)C)CC1. The van der Waals surface area contributed by atoms with Crippen molar-refractivity contribution < 1.29 is 13.2 Å². The van der Waals surface area contributed by atoms with Crippen molar-refractivity contribution in [3.63, 3.8) is 0 Å². The van der Waals surface area contributed by atoms with Gasteiger partial charge in [-0.3, -0.25) is 0 Å². The second-order valence-electron chi connectivity index (χ2n) is 7.95. The van der Waals surface area contributed by atoms with Crippen LogP contribution >= 0.6 is 0 Å². The summed E-state index contributed by atoms with van der Waals surface area (Å²) in [5.41, 5.74) is 1.33. The zero-order valence-electron chi connectivity index (χ0n) is 17.4. The average Bonchev–Trinajstić information content (AvgIpc) is 2.82. The van der Waals surface area contributed by atoms with Crippen molar-refractivity contribution in [2.75, 3.05) is 32.7 Å². The third-order valence-electron chi connectivity index (χ3n) is 5.26. The number of hydrogen-bond acceptors (Lipinski definition) is 4. The van der Waals surface area contributed by atoms with Crippen molar-refractivity contribution in [3.05, 3.63) is 41.5 Å². The minimum absolute atomic E-state index is 0.0503. The van der Waals surface area contributed by atoms with Gasteiger partial charge in [-0.15, -0.1) is 4.40 Å². The number of carbonyl (C=O) groups excluding carboxylic acids is 1. The van der Waals surface area contributed by atoms with Gasteiger partial charge in [0, 0.05) is 38.3 Å². The minimum Gasteiger partial charge on any atom is -0.354 e. The molecule has 0 radical (unpaired) electrons. The summed E-state index contributed by atoms with van der Waals surface area (Å²) in [5, 5.41) is 2.98. The zero-order valence-corrected chi connectivity index (χ0v) is 18.2. The van der Waals surface area contributed by atoms with Crippen LogP contribution in [0, 0.1) is 5.92 Å². The highest BCUT2D eigenvalue weighted by molar-refractivity contribution is 8.00. The fraction of sp³-hybridized carbons (Fsp3) is 0.524. The first-order valence-corrected chi connectivity index (χ1v) is 11.6. The molecule has 0 unspecified atom stereocenters. The Balaban J connectivity index is 1.70. The average molecular weight is 419 g/mol. The predicted molar refractivity (Wildman–Crippen MR) is 116 cm³/mol. The van der Waals surface area contributed by atoms with Gasteiger partial charge in [0.15, 0.2) is 0 Å². The van der Waals surface area contributed by atoms with E-state index in [1.54, 1.807) is 12.1 Å². The van der Waals surface area contributed by atoms with Gasteiger partial charge in [-0.25, -0.2) is 4.79 Å². The van der Waals surface area contributed by atoms with E-state index in [-0.39, 0.29) is 10.9 Å². The first-order valence-electron chi connectivity index (χ1n) is 10.2. The van der Waals surface area contributed by atoms with Crippen molar-refractivity contribution in [2.24, 2.45) is 10.3 Å². The molecule has 1 N–H and O–H groups in total. The molecular formula is C21H30N4O3S. The van der Waals surface area contributed by atoms with E-state index in [1.807, 2.05) is 34.9 Å². The van der Waals surface area contributed by atoms with Crippen LogP contribution < -0.4 is 5.32 Å². The molecule has 1 aromatic carbocycles. The normalized spacial score (nSPS) is 19.4. The Bertz CT molecular complexity index is 907. The van der Waals surface area contributed by atoms with Gasteiger partial charge in [-0.2, -0.15) is 8.42 Å². The summed E-state index contributed by atoms with van der Waals surface area (Å²) < 4.78 is 29.5. The van der Waals surface area contributed by atoms with E-state index in [0.717, 1.165) is 12.8 Å². The summed E-state index contributed by atoms with van der Waals surface area (Å²) >= 11 is 0. The first kappa shape index (κ1) is 21.4. The number of benzene rings is 1. The number of hydrogen-bond donors (Lipinski definition) is 1. The van der Waals surface area contributed by atoms with Crippen molar-refractivity contribution in [2.45, 2.75) is 33.6 Å². The van der Waals surface area contributed by atoms with E-state index >= 15 is 0 Å². The molecule has 0 atom stereocenters. The minimum atomic E-state index is -3.72. The smallest absolute Gasteiger partial charge is 0.317 e. The number of nitrogens with one attached hydrogen (secondary N) is 1. The molecule has 0 bridgehead atoms. The molecule has 0 saturated carbocycles. The molecular weight excluding hydrogens is 388 g/mol. The Hall–Kier alpha value is -2.35. The van der Waals surface area contributed by atoms with Gasteiger partial charge in [0.25, 0.3) is 10.0 Å². The van der Waals surface area contributed by atoms with E-state index in [0.29, 0.717) is 55.6 Å². The van der Waals surface area contributed by atoms with E-state index < -0.39 is 10.0 Å². The molecule has 0 spiro atoms. The molecule has 7 nitrogen and oxygen atoms in total. The van der Waals surface area contributed by atoms with Crippen LogP contribution in [-0.2, 0) is 10.0 Å². The molecule has 0 aliphatic carbocycles. The van der Waals surface area contributed by atoms with Crippen LogP contribution in [0.2, 0.25) is 0 Å². The highest BCUT2D eigenvalue weighted by atomic mass is 32.2. The van der Waals surface area contributed by atoms with Crippen LogP contribution in [0.5, 0.6) is 0 Å². The third kappa shape index (κ3) is 4.98. The summed E-state index contributed by atoms with van der Waals surface area (Å²) in [5.74, 6) is 1.05. The number of rotatable bonds is 4. The Morgan fingerprint density at radius 3 is 2.55 bits per heavy atom. The van der Waals surface area contributed by atoms with E-state index in [1.165, 1.54) is 0 Å². The summed E-state index contributed by atoms with van der Waals surface area (Å²) in [6, 6.07) is 9.04. The molecule has 2 aliphatic heterocycles. The lowest BCUT2D eigenvalue weighted by atomic mass is 10.1. The van der Waals surface area contributed by atoms with Gasteiger partial charge >= 0.3 is 6.03 Å². The first-order chi connectivity index (χ1) is 13.8. The molecule has 2 aliphatic rings. The molecule has 2 heterocycles. The van der Waals surface area contributed by atoms with Gasteiger partial charge in [0.1, 0.15) is 10.7 Å². The molecule has 0 aromatic heterocycles. The summed E-state index contributed by atoms with van der Waals surface area (Å²) in [6.45, 7) is 9.17. The lowest BCUT2D eigenvalue weighted by Crippen LogP contribution is -2.43. The van der Waals surface area contributed by atoms with Gasteiger partial charge in [-0.05, 0) is 31.2 Å². The topological polar surface area (TPSA) is 82.1 Å². The zero-order chi connectivity index (χ0) is 21.0. The van der Waals surface area contributed by atoms with Crippen LogP contribution in [0.4, 0.5) is 4.79 Å².